The van der Waals surface area contributed by atoms with Gasteiger partial charge in [0.25, 0.3) is 11.8 Å². The Labute approximate surface area is 222 Å². The van der Waals surface area contributed by atoms with Crippen LogP contribution in [-0.2, 0) is 9.59 Å². The quantitative estimate of drug-likeness (QED) is 0.166. The maximum absolute atomic E-state index is 13.3. The molecule has 0 bridgehead atoms. The summed E-state index contributed by atoms with van der Waals surface area (Å²) < 4.78 is 6.59. The van der Waals surface area contributed by atoms with E-state index in [-0.39, 0.29) is 22.4 Å². The molecular formula is C25H15Br2ClN2O5. The van der Waals surface area contributed by atoms with Crippen LogP contribution in [0.1, 0.15) is 21.5 Å². The second-order valence-corrected chi connectivity index (χ2v) is 9.71. The lowest BCUT2D eigenvalue weighted by molar-refractivity contribution is -0.122. The zero-order valence-electron chi connectivity index (χ0n) is 18.0. The zero-order valence-corrected chi connectivity index (χ0v) is 21.9. The molecule has 4 amide bonds. The number of amides is 4. The van der Waals surface area contributed by atoms with E-state index in [0.717, 1.165) is 10.5 Å². The number of esters is 1. The Morgan fingerprint density at radius 2 is 1.74 bits per heavy atom. The fourth-order valence-corrected chi connectivity index (χ4v) is 4.81. The van der Waals surface area contributed by atoms with Crippen LogP contribution in [0.3, 0.4) is 0 Å². The molecule has 0 aromatic heterocycles. The molecule has 1 heterocycles. The molecule has 0 atom stereocenters. The van der Waals surface area contributed by atoms with Gasteiger partial charge in [0.05, 0.1) is 15.7 Å². The third-order valence-electron chi connectivity index (χ3n) is 4.97. The number of benzene rings is 3. The number of anilines is 1. The molecule has 35 heavy (non-hydrogen) atoms. The van der Waals surface area contributed by atoms with Crippen LogP contribution in [0.2, 0.25) is 5.02 Å². The number of hydrogen-bond donors (Lipinski definition) is 1. The molecule has 1 fully saturated rings. The van der Waals surface area contributed by atoms with E-state index < -0.39 is 23.8 Å². The number of barbiturate groups is 1. The first-order valence-electron chi connectivity index (χ1n) is 10.1. The zero-order chi connectivity index (χ0) is 25.3. The van der Waals surface area contributed by atoms with Gasteiger partial charge in [0.15, 0.2) is 5.75 Å². The summed E-state index contributed by atoms with van der Waals surface area (Å²) in [5.41, 5.74) is 1.35. The third-order valence-corrected chi connectivity index (χ3v) is 6.27. The van der Waals surface area contributed by atoms with Gasteiger partial charge < -0.3 is 4.74 Å². The normalized spacial score (nSPS) is 14.8. The average molecular weight is 619 g/mol. The lowest BCUT2D eigenvalue weighted by Crippen LogP contribution is -2.54. The molecule has 10 heteroatoms. The van der Waals surface area contributed by atoms with E-state index in [0.29, 0.717) is 19.7 Å². The number of ether oxygens (including phenoxy) is 1. The van der Waals surface area contributed by atoms with Gasteiger partial charge in [-0.1, -0.05) is 39.7 Å². The predicted octanol–water partition coefficient (Wildman–Crippen LogP) is 6.06. The van der Waals surface area contributed by atoms with E-state index in [2.05, 4.69) is 37.2 Å². The summed E-state index contributed by atoms with van der Waals surface area (Å²) in [4.78, 5) is 52.0. The second kappa shape index (κ2) is 10.2. The van der Waals surface area contributed by atoms with Crippen molar-refractivity contribution in [3.8, 4) is 5.75 Å². The Morgan fingerprint density at radius 1 is 1.03 bits per heavy atom. The first-order valence-corrected chi connectivity index (χ1v) is 12.1. The van der Waals surface area contributed by atoms with Gasteiger partial charge in [0, 0.05) is 15.1 Å². The second-order valence-electron chi connectivity index (χ2n) is 7.50. The van der Waals surface area contributed by atoms with Gasteiger partial charge >= 0.3 is 12.0 Å². The fourth-order valence-electron chi connectivity index (χ4n) is 3.35. The lowest BCUT2D eigenvalue weighted by atomic mass is 10.1. The van der Waals surface area contributed by atoms with Gasteiger partial charge in [-0.15, -0.1) is 0 Å². The smallest absolute Gasteiger partial charge is 0.343 e. The summed E-state index contributed by atoms with van der Waals surface area (Å²) in [5.74, 6) is -2.26. The first kappa shape index (κ1) is 24.8. The molecule has 3 aromatic carbocycles. The van der Waals surface area contributed by atoms with E-state index in [1.54, 1.807) is 42.5 Å². The van der Waals surface area contributed by atoms with Crippen LogP contribution in [-0.4, -0.2) is 23.8 Å². The van der Waals surface area contributed by atoms with Crippen molar-refractivity contribution in [1.82, 2.24) is 5.32 Å². The molecular weight excluding hydrogens is 604 g/mol. The predicted molar refractivity (Wildman–Crippen MR) is 138 cm³/mol. The van der Waals surface area contributed by atoms with Crippen molar-refractivity contribution in [1.29, 1.82) is 0 Å². The van der Waals surface area contributed by atoms with Gasteiger partial charge in [-0.05, 0) is 83.0 Å². The van der Waals surface area contributed by atoms with Crippen molar-refractivity contribution >= 4 is 79.0 Å². The molecule has 4 rings (SSSR count). The Bertz CT molecular complexity index is 1420. The van der Waals surface area contributed by atoms with E-state index >= 15 is 0 Å². The number of nitrogens with one attached hydrogen (secondary N) is 1. The number of imide groups is 2. The molecule has 0 saturated carbocycles. The lowest BCUT2D eigenvalue weighted by Gasteiger charge is -2.26. The highest BCUT2D eigenvalue weighted by molar-refractivity contribution is 9.11. The Kier molecular flexibility index (Phi) is 7.20. The van der Waals surface area contributed by atoms with E-state index in [4.69, 9.17) is 16.3 Å². The first-order chi connectivity index (χ1) is 16.6. The Morgan fingerprint density at radius 3 is 2.43 bits per heavy atom. The average Bonchev–Trinajstić information content (AvgIpc) is 2.79. The number of rotatable bonds is 4. The number of halogens is 3. The van der Waals surface area contributed by atoms with Crippen molar-refractivity contribution in [2.24, 2.45) is 0 Å². The molecule has 0 unspecified atom stereocenters. The molecule has 0 aliphatic carbocycles. The fraction of sp³-hybridized carbons (Fsp3) is 0.0400. The van der Waals surface area contributed by atoms with Gasteiger partial charge in [0.1, 0.15) is 5.57 Å². The molecule has 1 aliphatic rings. The summed E-state index contributed by atoms with van der Waals surface area (Å²) >= 11 is 12.6. The molecule has 7 nitrogen and oxygen atoms in total. The van der Waals surface area contributed by atoms with Crippen LogP contribution in [0, 0.1) is 6.92 Å². The molecule has 3 aromatic rings. The van der Waals surface area contributed by atoms with Crippen LogP contribution in [0.25, 0.3) is 6.08 Å². The topological polar surface area (TPSA) is 92.8 Å². The highest BCUT2D eigenvalue weighted by Gasteiger charge is 2.37. The standard InChI is InChI=1S/C25H15Br2ClN2O5/c1-13-3-2-4-18(9-13)30-23(32)19(22(31)29-25(30)34)11-15-10-16(26)12-20(27)21(15)35-24(33)14-5-7-17(28)8-6-14/h2-12H,1H3,(H,29,31,34)/b19-11-. The van der Waals surface area contributed by atoms with Gasteiger partial charge in [-0.25, -0.2) is 14.5 Å². The number of nitrogens with zero attached hydrogens (tertiary/aromatic N) is 1. The number of urea groups is 1. The highest BCUT2D eigenvalue weighted by Crippen LogP contribution is 2.36. The largest absolute Gasteiger partial charge is 0.421 e. The van der Waals surface area contributed by atoms with Crippen LogP contribution < -0.4 is 15.0 Å². The van der Waals surface area contributed by atoms with Crippen molar-refractivity contribution in [3.05, 3.63) is 96.9 Å². The summed E-state index contributed by atoms with van der Waals surface area (Å²) in [7, 11) is 0. The van der Waals surface area contributed by atoms with Gasteiger partial charge in [-0.3, -0.25) is 14.9 Å². The summed E-state index contributed by atoms with van der Waals surface area (Å²) in [6, 6.07) is 15.3. The summed E-state index contributed by atoms with van der Waals surface area (Å²) in [6.45, 7) is 1.82. The third kappa shape index (κ3) is 5.37. The van der Waals surface area contributed by atoms with Gasteiger partial charge in [-0.2, -0.15) is 0 Å². The van der Waals surface area contributed by atoms with Crippen molar-refractivity contribution in [2.45, 2.75) is 6.92 Å². The Hall–Kier alpha value is -3.27. The van der Waals surface area contributed by atoms with Crippen LogP contribution in [0.4, 0.5) is 10.5 Å². The number of carbonyl (C=O) groups is 4. The molecule has 0 spiro atoms. The highest BCUT2D eigenvalue weighted by atomic mass is 79.9. The van der Waals surface area contributed by atoms with Crippen molar-refractivity contribution in [2.75, 3.05) is 4.90 Å². The summed E-state index contributed by atoms with van der Waals surface area (Å²) in [6.07, 6.45) is 1.27. The minimum Gasteiger partial charge on any atom is -0.421 e. The van der Waals surface area contributed by atoms with Crippen LogP contribution in [0.15, 0.2) is 75.2 Å². The Balaban J connectivity index is 1.75. The van der Waals surface area contributed by atoms with Crippen molar-refractivity contribution < 1.29 is 23.9 Å². The van der Waals surface area contributed by atoms with Gasteiger partial charge in [0.2, 0.25) is 0 Å². The molecule has 0 radical (unpaired) electrons. The SMILES string of the molecule is Cc1cccc(N2C(=O)NC(=O)/C(=C/c3cc(Br)cc(Br)c3OC(=O)c3ccc(Cl)cc3)C2=O)c1. The minimum atomic E-state index is -0.866. The van der Waals surface area contributed by atoms with Crippen LogP contribution in [0.5, 0.6) is 5.75 Å². The number of aryl methyl sites for hydroxylation is 1. The monoisotopic (exact) mass is 616 g/mol. The molecule has 1 N–H and O–H groups in total. The molecule has 176 valence electrons. The summed E-state index contributed by atoms with van der Waals surface area (Å²) in [5, 5.41) is 2.65. The number of carbonyl (C=O) groups excluding carboxylic acids is 4. The maximum atomic E-state index is 13.3. The van der Waals surface area contributed by atoms with E-state index in [1.807, 2.05) is 13.0 Å². The number of hydrogen-bond acceptors (Lipinski definition) is 5. The minimum absolute atomic E-state index is 0.0836. The van der Waals surface area contributed by atoms with E-state index in [1.165, 1.54) is 18.2 Å². The van der Waals surface area contributed by atoms with E-state index in [9.17, 15) is 19.2 Å². The van der Waals surface area contributed by atoms with Crippen LogP contribution >= 0.6 is 43.5 Å². The molecule has 1 aliphatic heterocycles. The maximum Gasteiger partial charge on any atom is 0.343 e. The van der Waals surface area contributed by atoms with Crippen molar-refractivity contribution in [3.63, 3.8) is 0 Å². The molecule has 1 saturated heterocycles.